The van der Waals surface area contributed by atoms with Gasteiger partial charge in [-0.2, -0.15) is 18.2 Å². The lowest BCUT2D eigenvalue weighted by Gasteiger charge is -2.08. The van der Waals surface area contributed by atoms with Crippen molar-refractivity contribution >= 4 is 16.9 Å². The SMILES string of the molecule is CCOC(=O)CC1CCc2c1[nH]c1ccc(-c3noc(-c4ccc(C(F)(F)F)nc4)n3)cc21. The van der Waals surface area contributed by atoms with Gasteiger partial charge in [0.2, 0.25) is 5.82 Å². The first-order valence-electron chi connectivity index (χ1n) is 10.5. The van der Waals surface area contributed by atoms with Crippen molar-refractivity contribution in [2.75, 3.05) is 6.61 Å². The van der Waals surface area contributed by atoms with E-state index in [1.54, 1.807) is 6.92 Å². The van der Waals surface area contributed by atoms with Crippen molar-refractivity contribution in [2.45, 2.75) is 38.3 Å². The van der Waals surface area contributed by atoms with Crippen LogP contribution < -0.4 is 0 Å². The normalized spacial score (nSPS) is 15.7. The van der Waals surface area contributed by atoms with Crippen LogP contribution in [0.2, 0.25) is 0 Å². The molecule has 0 fully saturated rings. The Balaban J connectivity index is 1.41. The molecule has 3 heterocycles. The number of rotatable bonds is 5. The molecule has 0 saturated carbocycles. The molecule has 1 aliphatic rings. The minimum absolute atomic E-state index is 0.0834. The monoisotopic (exact) mass is 456 g/mol. The Kier molecular flexibility index (Phi) is 5.15. The number of nitrogens with zero attached hydrogens (tertiary/aromatic N) is 3. The number of pyridine rings is 1. The van der Waals surface area contributed by atoms with Gasteiger partial charge < -0.3 is 14.2 Å². The summed E-state index contributed by atoms with van der Waals surface area (Å²) in [6.07, 6.45) is -1.40. The number of halogens is 3. The van der Waals surface area contributed by atoms with Crippen LogP contribution in [0, 0.1) is 0 Å². The van der Waals surface area contributed by atoms with Crippen LogP contribution in [-0.4, -0.2) is 32.7 Å². The largest absolute Gasteiger partial charge is 0.466 e. The number of fused-ring (bicyclic) bond motifs is 3. The number of nitrogens with one attached hydrogen (secondary N) is 1. The number of hydrogen-bond acceptors (Lipinski definition) is 6. The second-order valence-corrected chi connectivity index (χ2v) is 7.88. The molecule has 1 N–H and O–H groups in total. The standard InChI is InChI=1S/C23H19F3N4O3/c1-2-32-19(31)10-12-3-6-15-16-9-13(4-7-17(16)28-20(12)15)21-29-22(33-30-21)14-5-8-18(27-11-14)23(24,25)26/h4-5,7-9,11-12,28H,2-3,6,10H2,1H3. The number of aromatic nitrogens is 4. The number of aromatic amines is 1. The molecule has 0 radical (unpaired) electrons. The average molecular weight is 456 g/mol. The summed E-state index contributed by atoms with van der Waals surface area (Å²) in [5.74, 6) is 0.300. The molecule has 5 rings (SSSR count). The summed E-state index contributed by atoms with van der Waals surface area (Å²) in [4.78, 5) is 23.1. The van der Waals surface area contributed by atoms with Gasteiger partial charge in [-0.25, -0.2) is 0 Å². The van der Waals surface area contributed by atoms with Crippen LogP contribution >= 0.6 is 0 Å². The summed E-state index contributed by atoms with van der Waals surface area (Å²) in [6.45, 7) is 2.16. The van der Waals surface area contributed by atoms with Gasteiger partial charge >= 0.3 is 12.1 Å². The molecule has 10 heteroatoms. The maximum Gasteiger partial charge on any atom is 0.433 e. The fraction of sp³-hybridized carbons (Fsp3) is 0.304. The maximum absolute atomic E-state index is 12.7. The van der Waals surface area contributed by atoms with E-state index in [0.29, 0.717) is 30.0 Å². The molecule has 0 saturated heterocycles. The molecule has 7 nitrogen and oxygen atoms in total. The van der Waals surface area contributed by atoms with Gasteiger partial charge in [-0.15, -0.1) is 0 Å². The van der Waals surface area contributed by atoms with E-state index in [1.807, 2.05) is 18.2 Å². The van der Waals surface area contributed by atoms with Crippen molar-refractivity contribution in [2.24, 2.45) is 0 Å². The quantitative estimate of drug-likeness (QED) is 0.411. The van der Waals surface area contributed by atoms with Crippen molar-refractivity contribution in [3.05, 3.63) is 53.5 Å². The molecule has 33 heavy (non-hydrogen) atoms. The van der Waals surface area contributed by atoms with Gasteiger partial charge in [0.1, 0.15) is 5.69 Å². The van der Waals surface area contributed by atoms with E-state index in [4.69, 9.17) is 9.26 Å². The van der Waals surface area contributed by atoms with Crippen molar-refractivity contribution in [1.29, 1.82) is 0 Å². The highest BCUT2D eigenvalue weighted by Gasteiger charge is 2.32. The Hall–Kier alpha value is -3.69. The number of benzene rings is 1. The highest BCUT2D eigenvalue weighted by atomic mass is 19.4. The number of aryl methyl sites for hydroxylation is 1. The predicted octanol–water partition coefficient (Wildman–Crippen LogP) is 5.28. The van der Waals surface area contributed by atoms with E-state index in [0.717, 1.165) is 47.3 Å². The van der Waals surface area contributed by atoms with Crippen molar-refractivity contribution in [1.82, 2.24) is 20.1 Å². The third-order valence-corrected chi connectivity index (χ3v) is 5.79. The smallest absolute Gasteiger partial charge is 0.433 e. The third-order valence-electron chi connectivity index (χ3n) is 5.79. The summed E-state index contributed by atoms with van der Waals surface area (Å²) >= 11 is 0. The molecular weight excluding hydrogens is 437 g/mol. The van der Waals surface area contributed by atoms with Crippen LogP contribution in [0.25, 0.3) is 33.7 Å². The fourth-order valence-corrected chi connectivity index (χ4v) is 4.26. The number of carbonyl (C=O) groups is 1. The number of hydrogen-bond donors (Lipinski definition) is 1. The molecule has 0 bridgehead atoms. The first kappa shape index (κ1) is 21.2. The molecule has 1 aromatic carbocycles. The zero-order valence-electron chi connectivity index (χ0n) is 17.6. The van der Waals surface area contributed by atoms with Crippen LogP contribution in [0.3, 0.4) is 0 Å². The summed E-state index contributed by atoms with van der Waals surface area (Å²) in [5.41, 5.74) is 3.20. The van der Waals surface area contributed by atoms with E-state index in [1.165, 1.54) is 6.07 Å². The molecule has 4 aromatic rings. The van der Waals surface area contributed by atoms with Crippen LogP contribution in [0.5, 0.6) is 0 Å². The van der Waals surface area contributed by atoms with Gasteiger partial charge in [0.15, 0.2) is 0 Å². The minimum Gasteiger partial charge on any atom is -0.466 e. The number of esters is 1. The highest BCUT2D eigenvalue weighted by molar-refractivity contribution is 5.89. The predicted molar refractivity (Wildman–Crippen MR) is 112 cm³/mol. The summed E-state index contributed by atoms with van der Waals surface area (Å²) in [5, 5.41) is 5.01. The van der Waals surface area contributed by atoms with Crippen LogP contribution in [0.15, 0.2) is 41.1 Å². The Morgan fingerprint density at radius 2 is 2.06 bits per heavy atom. The molecule has 0 amide bonds. The third kappa shape index (κ3) is 3.96. The molecule has 3 aromatic heterocycles. The van der Waals surface area contributed by atoms with E-state index < -0.39 is 11.9 Å². The second kappa shape index (κ2) is 8.02. The lowest BCUT2D eigenvalue weighted by atomic mass is 10.0. The van der Waals surface area contributed by atoms with Crippen molar-refractivity contribution < 1.29 is 27.2 Å². The molecule has 1 unspecified atom stereocenters. The maximum atomic E-state index is 12.7. The van der Waals surface area contributed by atoms with Gasteiger partial charge in [-0.1, -0.05) is 5.16 Å². The molecule has 0 aliphatic heterocycles. The first-order chi connectivity index (χ1) is 15.8. The van der Waals surface area contributed by atoms with E-state index in [2.05, 4.69) is 20.1 Å². The van der Waals surface area contributed by atoms with Gasteiger partial charge in [-0.05, 0) is 55.7 Å². The molecule has 0 spiro atoms. The molecule has 1 aliphatic carbocycles. The lowest BCUT2D eigenvalue weighted by molar-refractivity contribution is -0.143. The summed E-state index contributed by atoms with van der Waals surface area (Å²) in [6, 6.07) is 7.84. The Labute approximate surface area is 186 Å². The van der Waals surface area contributed by atoms with Crippen molar-refractivity contribution in [3.8, 4) is 22.8 Å². The second-order valence-electron chi connectivity index (χ2n) is 7.88. The first-order valence-corrected chi connectivity index (χ1v) is 10.5. The number of alkyl halides is 3. The van der Waals surface area contributed by atoms with Crippen molar-refractivity contribution in [3.63, 3.8) is 0 Å². The Bertz CT molecular complexity index is 1330. The van der Waals surface area contributed by atoms with E-state index in [-0.39, 0.29) is 17.8 Å². The lowest BCUT2D eigenvalue weighted by Crippen LogP contribution is -2.08. The molecule has 170 valence electrons. The zero-order valence-corrected chi connectivity index (χ0v) is 17.6. The highest BCUT2D eigenvalue weighted by Crippen LogP contribution is 2.40. The minimum atomic E-state index is -4.51. The van der Waals surface area contributed by atoms with Crippen LogP contribution in [0.4, 0.5) is 13.2 Å². The number of H-pyrrole nitrogens is 1. The fourth-order valence-electron chi connectivity index (χ4n) is 4.26. The number of carbonyl (C=O) groups excluding carboxylic acids is 1. The molecule has 1 atom stereocenters. The van der Waals surface area contributed by atoms with Gasteiger partial charge in [0.25, 0.3) is 5.89 Å². The average Bonchev–Trinajstić information content (AvgIpc) is 3.50. The van der Waals surface area contributed by atoms with Gasteiger partial charge in [0.05, 0.1) is 18.6 Å². The Morgan fingerprint density at radius 1 is 1.24 bits per heavy atom. The topological polar surface area (TPSA) is 93.9 Å². The zero-order chi connectivity index (χ0) is 23.2. The van der Waals surface area contributed by atoms with E-state index in [9.17, 15) is 18.0 Å². The molecular formula is C23H19F3N4O3. The van der Waals surface area contributed by atoms with Crippen LogP contribution in [-0.2, 0) is 22.1 Å². The summed E-state index contributed by atoms with van der Waals surface area (Å²) in [7, 11) is 0. The van der Waals surface area contributed by atoms with Gasteiger partial charge in [0, 0.05) is 34.3 Å². The summed E-state index contributed by atoms with van der Waals surface area (Å²) < 4.78 is 48.5. The van der Waals surface area contributed by atoms with E-state index >= 15 is 0 Å². The van der Waals surface area contributed by atoms with Crippen LogP contribution in [0.1, 0.15) is 42.6 Å². The Morgan fingerprint density at radius 3 is 2.79 bits per heavy atom. The van der Waals surface area contributed by atoms with Gasteiger partial charge in [-0.3, -0.25) is 9.78 Å². The number of ether oxygens (including phenoxy) is 1.